The number of halogens is 1. The van der Waals surface area contributed by atoms with Gasteiger partial charge >= 0.3 is 0 Å². The number of thioether (sulfide) groups is 2. The van der Waals surface area contributed by atoms with Crippen molar-refractivity contribution in [3.05, 3.63) is 39.2 Å². The lowest BCUT2D eigenvalue weighted by Crippen LogP contribution is -2.43. The van der Waals surface area contributed by atoms with Crippen molar-refractivity contribution in [3.8, 4) is 0 Å². The molecule has 3 rings (SSSR count). The first kappa shape index (κ1) is 16.1. The summed E-state index contributed by atoms with van der Waals surface area (Å²) in [6.07, 6.45) is 1.78. The van der Waals surface area contributed by atoms with Crippen molar-refractivity contribution in [2.75, 3.05) is 31.3 Å². The fourth-order valence-electron chi connectivity index (χ4n) is 2.27. The van der Waals surface area contributed by atoms with Gasteiger partial charge in [-0.3, -0.25) is 19.4 Å². The number of nitrogens with zero attached hydrogens (tertiary/aromatic N) is 2. The number of benzene rings is 1. The van der Waals surface area contributed by atoms with Gasteiger partial charge in [-0.1, -0.05) is 28.1 Å². The highest BCUT2D eigenvalue weighted by Crippen LogP contribution is 2.32. The van der Waals surface area contributed by atoms with Crippen molar-refractivity contribution in [2.45, 2.75) is 0 Å². The van der Waals surface area contributed by atoms with Crippen LogP contribution < -0.4 is 0 Å². The van der Waals surface area contributed by atoms with Gasteiger partial charge in [-0.05, 0) is 35.5 Å². The Morgan fingerprint density at radius 1 is 1.14 bits per heavy atom. The van der Waals surface area contributed by atoms with Gasteiger partial charge in [0.25, 0.3) is 11.1 Å². The molecule has 4 nitrogen and oxygen atoms in total. The van der Waals surface area contributed by atoms with Crippen LogP contribution in [0.3, 0.4) is 0 Å². The Bertz CT molecular complexity index is 612. The molecule has 2 heterocycles. The van der Waals surface area contributed by atoms with Crippen molar-refractivity contribution in [2.24, 2.45) is 0 Å². The maximum atomic E-state index is 12.4. The van der Waals surface area contributed by atoms with E-state index in [1.54, 1.807) is 6.08 Å². The molecule has 0 atom stereocenters. The lowest BCUT2D eigenvalue weighted by atomic mass is 10.2. The van der Waals surface area contributed by atoms with Crippen LogP contribution in [-0.4, -0.2) is 52.2 Å². The average Bonchev–Trinajstić information content (AvgIpc) is 2.78. The molecule has 2 aliphatic heterocycles. The van der Waals surface area contributed by atoms with E-state index in [-0.39, 0.29) is 11.1 Å². The van der Waals surface area contributed by atoms with Crippen LogP contribution in [-0.2, 0) is 4.79 Å². The molecular formula is C15H15BrN2O2S2. The summed E-state index contributed by atoms with van der Waals surface area (Å²) in [5.74, 6) is 1.94. The molecule has 0 bridgehead atoms. The molecule has 0 N–H and O–H groups in total. The molecule has 2 fully saturated rings. The standard InChI is InChI=1S/C15H15BrN2O2S2/c16-12-3-1-11(2-4-12)9-13-14(19)18(15(20)22-13)10-17-5-7-21-8-6-17/h1-4,9H,5-8,10H2/b13-9-. The third kappa shape index (κ3) is 3.76. The van der Waals surface area contributed by atoms with Gasteiger partial charge in [0.2, 0.25) is 0 Å². The first-order chi connectivity index (χ1) is 10.6. The molecule has 22 heavy (non-hydrogen) atoms. The van der Waals surface area contributed by atoms with E-state index < -0.39 is 0 Å². The number of carbonyl (C=O) groups excluding carboxylic acids is 2. The highest BCUT2D eigenvalue weighted by molar-refractivity contribution is 9.10. The second-order valence-electron chi connectivity index (χ2n) is 5.03. The van der Waals surface area contributed by atoms with Crippen LogP contribution in [0.1, 0.15) is 5.56 Å². The molecule has 2 aliphatic rings. The van der Waals surface area contributed by atoms with Gasteiger partial charge < -0.3 is 0 Å². The Balaban J connectivity index is 1.71. The molecule has 1 aromatic carbocycles. The highest BCUT2D eigenvalue weighted by Gasteiger charge is 2.36. The molecule has 0 aromatic heterocycles. The SMILES string of the molecule is O=C1S/C(=C\c2ccc(Br)cc2)C(=O)N1CN1CCSCC1. The summed E-state index contributed by atoms with van der Waals surface area (Å²) in [6.45, 7) is 2.26. The summed E-state index contributed by atoms with van der Waals surface area (Å²) in [5, 5.41) is -0.174. The quantitative estimate of drug-likeness (QED) is 0.728. The van der Waals surface area contributed by atoms with E-state index in [0.717, 1.165) is 46.4 Å². The van der Waals surface area contributed by atoms with E-state index in [4.69, 9.17) is 0 Å². The van der Waals surface area contributed by atoms with Gasteiger partial charge in [0.15, 0.2) is 0 Å². The first-order valence-corrected chi connectivity index (χ1v) is 9.71. The minimum Gasteiger partial charge on any atom is -0.284 e. The van der Waals surface area contributed by atoms with Crippen LogP contribution in [0.4, 0.5) is 4.79 Å². The maximum absolute atomic E-state index is 12.4. The van der Waals surface area contributed by atoms with E-state index in [9.17, 15) is 9.59 Å². The molecule has 0 aliphatic carbocycles. The number of hydrogen-bond acceptors (Lipinski definition) is 5. The Morgan fingerprint density at radius 3 is 2.50 bits per heavy atom. The normalized spacial score (nSPS) is 21.9. The van der Waals surface area contributed by atoms with Crippen LogP contribution in [0.25, 0.3) is 6.08 Å². The van der Waals surface area contributed by atoms with Crippen molar-refractivity contribution >= 4 is 56.7 Å². The molecule has 0 radical (unpaired) electrons. The predicted octanol–water partition coefficient (Wildman–Crippen LogP) is 3.49. The van der Waals surface area contributed by atoms with E-state index in [1.807, 2.05) is 36.0 Å². The summed E-state index contributed by atoms with van der Waals surface area (Å²) in [6, 6.07) is 7.67. The van der Waals surface area contributed by atoms with E-state index in [1.165, 1.54) is 4.90 Å². The summed E-state index contributed by atoms with van der Waals surface area (Å²) < 4.78 is 0.987. The molecule has 2 saturated heterocycles. The lowest BCUT2D eigenvalue weighted by Gasteiger charge is -2.28. The first-order valence-electron chi connectivity index (χ1n) is 6.94. The fourth-order valence-corrected chi connectivity index (χ4v) is 4.35. The number of hydrogen-bond donors (Lipinski definition) is 0. The van der Waals surface area contributed by atoms with Gasteiger partial charge in [-0.25, -0.2) is 0 Å². The Kier molecular flexibility index (Phi) is 5.28. The molecule has 0 spiro atoms. The Labute approximate surface area is 146 Å². The molecule has 0 unspecified atom stereocenters. The molecular weight excluding hydrogens is 384 g/mol. The Hall–Kier alpha value is -0.760. The number of amides is 2. The van der Waals surface area contributed by atoms with Crippen LogP contribution in [0.2, 0.25) is 0 Å². The fraction of sp³-hybridized carbons (Fsp3) is 0.333. The van der Waals surface area contributed by atoms with Crippen molar-refractivity contribution in [1.29, 1.82) is 0 Å². The molecule has 2 amide bonds. The summed E-state index contributed by atoms with van der Waals surface area (Å²) >= 11 is 6.32. The summed E-state index contributed by atoms with van der Waals surface area (Å²) in [5.41, 5.74) is 0.920. The van der Waals surface area contributed by atoms with E-state index in [2.05, 4.69) is 20.8 Å². The largest absolute Gasteiger partial charge is 0.294 e. The van der Waals surface area contributed by atoms with E-state index in [0.29, 0.717) is 11.6 Å². The van der Waals surface area contributed by atoms with Gasteiger partial charge in [0, 0.05) is 29.1 Å². The number of imide groups is 1. The predicted molar refractivity (Wildman–Crippen MR) is 95.7 cm³/mol. The Morgan fingerprint density at radius 2 is 1.82 bits per heavy atom. The second-order valence-corrected chi connectivity index (χ2v) is 8.17. The molecule has 116 valence electrons. The van der Waals surface area contributed by atoms with Gasteiger partial charge in [0.1, 0.15) is 0 Å². The average molecular weight is 399 g/mol. The summed E-state index contributed by atoms with van der Waals surface area (Å²) in [4.78, 5) is 28.6. The van der Waals surface area contributed by atoms with Crippen molar-refractivity contribution < 1.29 is 9.59 Å². The zero-order valence-electron chi connectivity index (χ0n) is 11.8. The third-order valence-corrected chi connectivity index (χ3v) is 5.87. The summed E-state index contributed by atoms with van der Waals surface area (Å²) in [7, 11) is 0. The van der Waals surface area contributed by atoms with Crippen molar-refractivity contribution in [3.63, 3.8) is 0 Å². The molecule has 1 aromatic rings. The smallest absolute Gasteiger partial charge is 0.284 e. The molecule has 0 saturated carbocycles. The van der Waals surface area contributed by atoms with Gasteiger partial charge in [-0.2, -0.15) is 11.8 Å². The third-order valence-electron chi connectivity index (χ3n) is 3.49. The van der Waals surface area contributed by atoms with Crippen LogP contribution in [0.5, 0.6) is 0 Å². The van der Waals surface area contributed by atoms with Gasteiger partial charge in [-0.15, -0.1) is 0 Å². The minimum atomic E-state index is -0.184. The van der Waals surface area contributed by atoms with Crippen LogP contribution in [0, 0.1) is 0 Å². The van der Waals surface area contributed by atoms with Crippen LogP contribution in [0.15, 0.2) is 33.6 Å². The lowest BCUT2D eigenvalue weighted by molar-refractivity contribution is -0.124. The molecule has 7 heteroatoms. The zero-order valence-corrected chi connectivity index (χ0v) is 15.0. The topological polar surface area (TPSA) is 40.6 Å². The monoisotopic (exact) mass is 398 g/mol. The van der Waals surface area contributed by atoms with Crippen molar-refractivity contribution in [1.82, 2.24) is 9.80 Å². The zero-order chi connectivity index (χ0) is 15.5. The maximum Gasteiger partial charge on any atom is 0.294 e. The van der Waals surface area contributed by atoms with Crippen LogP contribution >= 0.6 is 39.5 Å². The minimum absolute atomic E-state index is 0.174. The second kappa shape index (κ2) is 7.21. The highest BCUT2D eigenvalue weighted by atomic mass is 79.9. The number of rotatable bonds is 3. The van der Waals surface area contributed by atoms with E-state index >= 15 is 0 Å². The van der Waals surface area contributed by atoms with Gasteiger partial charge in [0.05, 0.1) is 11.6 Å². The number of carbonyl (C=O) groups is 2.